The Bertz CT molecular complexity index is 881. The molecule has 3 rings (SSSR count). The normalized spacial score (nSPS) is 10.7. The highest BCUT2D eigenvalue weighted by Crippen LogP contribution is 2.30. The van der Waals surface area contributed by atoms with Crippen molar-refractivity contribution in [3.8, 4) is 5.75 Å². The van der Waals surface area contributed by atoms with E-state index in [4.69, 9.17) is 9.52 Å². The van der Waals surface area contributed by atoms with Crippen LogP contribution in [-0.2, 0) is 5.75 Å². The lowest BCUT2D eigenvalue weighted by molar-refractivity contribution is 0.419. The van der Waals surface area contributed by atoms with Gasteiger partial charge in [0.25, 0.3) is 0 Å². The van der Waals surface area contributed by atoms with Gasteiger partial charge in [-0.15, -0.1) is 10.2 Å². The van der Waals surface area contributed by atoms with E-state index in [9.17, 15) is 4.79 Å². The molecule has 1 aromatic carbocycles. The van der Waals surface area contributed by atoms with E-state index >= 15 is 0 Å². The van der Waals surface area contributed by atoms with Gasteiger partial charge in [-0.3, -0.25) is 4.79 Å². The van der Waals surface area contributed by atoms with Crippen molar-refractivity contribution in [2.75, 3.05) is 5.32 Å². The van der Waals surface area contributed by atoms with Gasteiger partial charge < -0.3 is 14.8 Å². The molecule has 2 aromatic heterocycles. The molecule has 0 radical (unpaired) electrons. The number of hydrogen-bond donors (Lipinski definition) is 2. The Morgan fingerprint density at radius 1 is 1.35 bits per heavy atom. The zero-order valence-electron chi connectivity index (χ0n) is 11.5. The smallest absolute Gasteiger partial charge is 0.226 e. The first-order valence-electron chi connectivity index (χ1n) is 6.40. The highest BCUT2D eigenvalue weighted by molar-refractivity contribution is 9.10. The lowest BCUT2D eigenvalue weighted by Gasteiger charge is -2.01. The summed E-state index contributed by atoms with van der Waals surface area (Å²) in [7, 11) is 0. The lowest BCUT2D eigenvalue weighted by Crippen LogP contribution is -1.98. The molecule has 0 atom stereocenters. The number of aromatic nitrogens is 2. The monoisotopic (exact) mass is 411 g/mol. The number of hydrogen-bond acceptors (Lipinski definition) is 8. The maximum atomic E-state index is 11.3. The maximum Gasteiger partial charge on any atom is 0.226 e. The van der Waals surface area contributed by atoms with Crippen LogP contribution in [0.1, 0.15) is 5.76 Å². The van der Waals surface area contributed by atoms with Crippen molar-refractivity contribution < 1.29 is 9.52 Å². The van der Waals surface area contributed by atoms with Crippen LogP contribution in [0.5, 0.6) is 5.75 Å². The van der Waals surface area contributed by atoms with E-state index in [1.165, 1.54) is 29.2 Å². The van der Waals surface area contributed by atoms with Crippen molar-refractivity contribution in [1.82, 2.24) is 10.2 Å². The van der Waals surface area contributed by atoms with Gasteiger partial charge in [-0.1, -0.05) is 45.1 Å². The van der Waals surface area contributed by atoms with Crippen LogP contribution in [-0.4, -0.2) is 15.3 Å². The molecule has 0 spiro atoms. The molecule has 118 valence electrons. The second-order valence-corrected chi connectivity index (χ2v) is 7.51. The third kappa shape index (κ3) is 4.34. The summed E-state index contributed by atoms with van der Waals surface area (Å²) in [5.74, 6) is 0.505. The largest absolute Gasteiger partial charge is 0.502 e. The number of aromatic hydroxyl groups is 1. The molecule has 9 heteroatoms. The number of nitrogens with zero attached hydrogens (tertiary/aromatic N) is 2. The van der Waals surface area contributed by atoms with Crippen molar-refractivity contribution >= 4 is 49.8 Å². The van der Waals surface area contributed by atoms with Crippen LogP contribution in [0.2, 0.25) is 0 Å². The molecular weight excluding hydrogens is 402 g/mol. The van der Waals surface area contributed by atoms with Crippen molar-refractivity contribution in [2.24, 2.45) is 0 Å². The molecule has 3 aromatic rings. The summed E-state index contributed by atoms with van der Waals surface area (Å²) >= 11 is 6.22. The number of anilines is 2. The first-order valence-corrected chi connectivity index (χ1v) is 8.99. The van der Waals surface area contributed by atoms with Crippen LogP contribution in [0.15, 0.2) is 54.6 Å². The van der Waals surface area contributed by atoms with Crippen LogP contribution in [0.25, 0.3) is 0 Å². The summed E-state index contributed by atoms with van der Waals surface area (Å²) in [5, 5.41) is 21.2. The molecule has 0 saturated heterocycles. The van der Waals surface area contributed by atoms with E-state index in [1.54, 1.807) is 0 Å². The van der Waals surface area contributed by atoms with E-state index in [-0.39, 0.29) is 0 Å². The van der Waals surface area contributed by atoms with Gasteiger partial charge >= 0.3 is 0 Å². The zero-order chi connectivity index (χ0) is 16.2. The molecule has 0 aliphatic rings. The average Bonchev–Trinajstić information content (AvgIpc) is 2.96. The van der Waals surface area contributed by atoms with E-state index in [2.05, 4.69) is 31.4 Å². The molecule has 0 saturated carbocycles. The fraction of sp³-hybridized carbons (Fsp3) is 0.0714. The lowest BCUT2D eigenvalue weighted by atomic mass is 10.3. The van der Waals surface area contributed by atoms with Gasteiger partial charge in [0.2, 0.25) is 10.6 Å². The van der Waals surface area contributed by atoms with Gasteiger partial charge in [0.15, 0.2) is 10.1 Å². The summed E-state index contributed by atoms with van der Waals surface area (Å²) in [6.45, 7) is 0. The average molecular weight is 412 g/mol. The number of rotatable bonds is 5. The summed E-state index contributed by atoms with van der Waals surface area (Å²) < 4.78 is 6.87. The van der Waals surface area contributed by atoms with Gasteiger partial charge in [0.1, 0.15) is 12.0 Å². The quantitative estimate of drug-likeness (QED) is 0.613. The van der Waals surface area contributed by atoms with Crippen LogP contribution in [0, 0.1) is 0 Å². The van der Waals surface area contributed by atoms with Crippen molar-refractivity contribution in [2.45, 2.75) is 10.1 Å². The summed E-state index contributed by atoms with van der Waals surface area (Å²) in [6, 6.07) is 9.02. The molecule has 6 nitrogen and oxygen atoms in total. The third-order valence-electron chi connectivity index (χ3n) is 2.69. The number of nitrogens with one attached hydrogen (secondary N) is 1. The molecule has 2 N–H and O–H groups in total. The minimum Gasteiger partial charge on any atom is -0.502 e. The predicted octanol–water partition coefficient (Wildman–Crippen LogP) is 4.00. The standard InChI is InChI=1S/C14H10BrN3O3S2/c15-8-2-1-3-9(4-8)16-13-17-18-14(23-13)22-7-10-5-11(19)12(20)6-21-10/h1-6,20H,7H2,(H,16,17). The van der Waals surface area contributed by atoms with E-state index in [0.29, 0.717) is 16.6 Å². The minimum atomic E-state index is -0.457. The summed E-state index contributed by atoms with van der Waals surface area (Å²) in [4.78, 5) is 11.3. The van der Waals surface area contributed by atoms with E-state index in [0.717, 1.165) is 20.8 Å². The Morgan fingerprint density at radius 2 is 2.22 bits per heavy atom. The number of benzene rings is 1. The Balaban J connectivity index is 1.63. The van der Waals surface area contributed by atoms with Gasteiger partial charge in [0, 0.05) is 16.2 Å². The Labute approximate surface area is 147 Å². The second kappa shape index (κ2) is 7.16. The van der Waals surface area contributed by atoms with Gasteiger partial charge in [-0.05, 0) is 18.2 Å². The molecule has 0 amide bonds. The van der Waals surface area contributed by atoms with Crippen LogP contribution < -0.4 is 10.7 Å². The fourth-order valence-corrected chi connectivity index (χ4v) is 3.72. The first kappa shape index (κ1) is 16.0. The van der Waals surface area contributed by atoms with Crippen LogP contribution >= 0.6 is 39.0 Å². The summed E-state index contributed by atoms with van der Waals surface area (Å²) in [5.41, 5.74) is 0.456. The maximum absolute atomic E-state index is 11.3. The second-order valence-electron chi connectivity index (χ2n) is 4.39. The SMILES string of the molecule is O=c1cc(CSc2nnc(Nc3cccc(Br)c3)s2)occ1O. The Hall–Kier alpha value is -1.84. The van der Waals surface area contributed by atoms with Crippen LogP contribution in [0.3, 0.4) is 0 Å². The molecule has 23 heavy (non-hydrogen) atoms. The number of thioether (sulfide) groups is 1. The third-order valence-corrected chi connectivity index (χ3v) is 5.17. The minimum absolute atomic E-state index is 0.393. The van der Waals surface area contributed by atoms with E-state index < -0.39 is 11.2 Å². The van der Waals surface area contributed by atoms with Gasteiger partial charge in [-0.2, -0.15) is 0 Å². The molecule has 0 unspecified atom stereocenters. The van der Waals surface area contributed by atoms with Crippen molar-refractivity contribution in [1.29, 1.82) is 0 Å². The Morgan fingerprint density at radius 3 is 3.00 bits per heavy atom. The molecule has 0 fully saturated rings. The molecule has 0 aliphatic heterocycles. The fourth-order valence-electron chi connectivity index (χ4n) is 1.66. The van der Waals surface area contributed by atoms with Gasteiger partial charge in [-0.25, -0.2) is 0 Å². The molecule has 2 heterocycles. The molecule has 0 aliphatic carbocycles. The molecular formula is C14H10BrN3O3S2. The zero-order valence-corrected chi connectivity index (χ0v) is 14.7. The van der Waals surface area contributed by atoms with E-state index in [1.807, 2.05) is 24.3 Å². The number of halogens is 1. The molecule has 0 bridgehead atoms. The predicted molar refractivity (Wildman–Crippen MR) is 93.5 cm³/mol. The van der Waals surface area contributed by atoms with Crippen molar-refractivity contribution in [3.63, 3.8) is 0 Å². The van der Waals surface area contributed by atoms with Gasteiger partial charge in [0.05, 0.1) is 5.75 Å². The Kier molecular flexibility index (Phi) is 4.99. The topological polar surface area (TPSA) is 88.3 Å². The highest BCUT2D eigenvalue weighted by atomic mass is 79.9. The first-order chi connectivity index (χ1) is 11.1. The summed E-state index contributed by atoms with van der Waals surface area (Å²) in [6.07, 6.45) is 1.04. The highest BCUT2D eigenvalue weighted by Gasteiger charge is 2.08. The van der Waals surface area contributed by atoms with Crippen LogP contribution in [0.4, 0.5) is 10.8 Å². The van der Waals surface area contributed by atoms with Crippen molar-refractivity contribution in [3.05, 3.63) is 57.1 Å².